The fraction of sp³-hybridized carbons (Fsp3) is 0.357. The molecular weight excluding hydrogens is 288 g/mol. The maximum absolute atomic E-state index is 12.3. The number of carbonyl (C=O) groups excluding carboxylic acids is 1. The van der Waals surface area contributed by atoms with Crippen molar-refractivity contribution in [2.45, 2.75) is 6.92 Å². The van der Waals surface area contributed by atoms with Crippen LogP contribution >= 0.6 is 11.3 Å². The van der Waals surface area contributed by atoms with Crippen LogP contribution in [0.25, 0.3) is 0 Å². The summed E-state index contributed by atoms with van der Waals surface area (Å²) in [5.41, 5.74) is 1.21. The van der Waals surface area contributed by atoms with E-state index in [0.717, 1.165) is 23.9 Å². The highest BCUT2D eigenvalue weighted by Crippen LogP contribution is 2.21. The number of anilines is 1. The van der Waals surface area contributed by atoms with Gasteiger partial charge in [0, 0.05) is 49.4 Å². The van der Waals surface area contributed by atoms with Crippen LogP contribution in [-0.2, 0) is 0 Å². The average molecular weight is 304 g/mol. The number of piperazine rings is 1. The first-order valence-electron chi connectivity index (χ1n) is 6.78. The van der Waals surface area contributed by atoms with Gasteiger partial charge in [-0.05, 0) is 13.0 Å². The van der Waals surface area contributed by atoms with Crippen LogP contribution in [-0.4, -0.2) is 47.0 Å². The minimum Gasteiger partial charge on any atom is -0.345 e. The quantitative estimate of drug-likeness (QED) is 0.902. The number of amides is 1. The molecular formula is C14H16N4O2S. The van der Waals surface area contributed by atoms with Gasteiger partial charge in [-0.25, -0.2) is 4.98 Å². The van der Waals surface area contributed by atoms with Crippen LogP contribution in [0.15, 0.2) is 28.5 Å². The number of rotatable bonds is 2. The molecule has 0 aliphatic carbocycles. The second-order valence-electron chi connectivity index (χ2n) is 4.99. The topological polar surface area (TPSA) is 69.3 Å². The molecule has 1 saturated heterocycles. The van der Waals surface area contributed by atoms with Crippen molar-refractivity contribution >= 4 is 22.4 Å². The molecule has 0 aromatic carbocycles. The highest BCUT2D eigenvalue weighted by Gasteiger charge is 2.23. The number of aromatic nitrogens is 2. The molecule has 0 saturated carbocycles. The van der Waals surface area contributed by atoms with E-state index in [1.54, 1.807) is 22.3 Å². The second kappa shape index (κ2) is 5.69. The Kier molecular flexibility index (Phi) is 3.74. The lowest BCUT2D eigenvalue weighted by Crippen LogP contribution is -2.48. The molecule has 0 radical (unpaired) electrons. The fourth-order valence-electron chi connectivity index (χ4n) is 2.35. The molecule has 3 rings (SSSR count). The Morgan fingerprint density at radius 3 is 2.71 bits per heavy atom. The van der Waals surface area contributed by atoms with Gasteiger partial charge in [-0.15, -0.1) is 11.3 Å². The number of aromatic amines is 1. The van der Waals surface area contributed by atoms with E-state index >= 15 is 0 Å². The third-order valence-electron chi connectivity index (χ3n) is 3.47. The summed E-state index contributed by atoms with van der Waals surface area (Å²) in [5.74, 6) is -0.0870. The van der Waals surface area contributed by atoms with Gasteiger partial charge < -0.3 is 14.8 Å². The van der Waals surface area contributed by atoms with Crippen molar-refractivity contribution in [1.29, 1.82) is 0 Å². The number of hydrogen-bond acceptors (Lipinski definition) is 5. The Balaban J connectivity index is 1.65. The first-order chi connectivity index (χ1) is 10.1. The summed E-state index contributed by atoms with van der Waals surface area (Å²) in [4.78, 5) is 34.6. The maximum Gasteiger partial charge on any atom is 0.254 e. The normalized spacial score (nSPS) is 15.3. The zero-order valence-corrected chi connectivity index (χ0v) is 12.5. The number of carbonyl (C=O) groups is 1. The van der Waals surface area contributed by atoms with Gasteiger partial charge in [0.2, 0.25) is 5.56 Å². The molecule has 0 spiro atoms. The van der Waals surface area contributed by atoms with Gasteiger partial charge in [-0.1, -0.05) is 0 Å². The number of aryl methyl sites for hydroxylation is 1. The van der Waals surface area contributed by atoms with E-state index in [1.165, 1.54) is 12.3 Å². The summed E-state index contributed by atoms with van der Waals surface area (Å²) in [6.45, 7) is 4.80. The van der Waals surface area contributed by atoms with Gasteiger partial charge in [0.25, 0.3) is 5.91 Å². The lowest BCUT2D eigenvalue weighted by molar-refractivity contribution is 0.0746. The first kappa shape index (κ1) is 13.8. The molecule has 1 aliphatic heterocycles. The van der Waals surface area contributed by atoms with Crippen LogP contribution in [0.5, 0.6) is 0 Å². The van der Waals surface area contributed by atoms with Crippen molar-refractivity contribution in [3.05, 3.63) is 45.3 Å². The van der Waals surface area contributed by atoms with Gasteiger partial charge in [0.05, 0.1) is 5.69 Å². The standard InChI is InChI=1S/C14H16N4O2S/c1-10-9-21-14(16-10)18-6-4-17(5-7-18)13(20)11-2-3-15-12(19)8-11/h2-3,8-9H,4-7H2,1H3,(H,15,19). The van der Waals surface area contributed by atoms with E-state index < -0.39 is 0 Å². The zero-order valence-electron chi connectivity index (χ0n) is 11.7. The SMILES string of the molecule is Cc1csc(N2CCN(C(=O)c3cc[nH]c(=O)c3)CC2)n1. The van der Waals surface area contributed by atoms with Crippen LogP contribution in [0, 0.1) is 6.92 Å². The van der Waals surface area contributed by atoms with Gasteiger partial charge in [-0.2, -0.15) is 0 Å². The predicted molar refractivity (Wildman–Crippen MR) is 82.0 cm³/mol. The summed E-state index contributed by atoms with van der Waals surface area (Å²) in [6, 6.07) is 2.99. The summed E-state index contributed by atoms with van der Waals surface area (Å²) in [6.07, 6.45) is 1.50. The van der Waals surface area contributed by atoms with Crippen LogP contribution in [0.1, 0.15) is 16.1 Å². The molecule has 1 fully saturated rings. The van der Waals surface area contributed by atoms with Crippen molar-refractivity contribution in [2.75, 3.05) is 31.1 Å². The molecule has 0 bridgehead atoms. The van der Waals surface area contributed by atoms with E-state index in [1.807, 2.05) is 12.3 Å². The smallest absolute Gasteiger partial charge is 0.254 e. The highest BCUT2D eigenvalue weighted by molar-refractivity contribution is 7.13. The Bertz CT molecular complexity index is 701. The Labute approximate surface area is 126 Å². The number of hydrogen-bond donors (Lipinski definition) is 1. The van der Waals surface area contributed by atoms with E-state index in [2.05, 4.69) is 14.9 Å². The van der Waals surface area contributed by atoms with Gasteiger partial charge >= 0.3 is 0 Å². The third kappa shape index (κ3) is 2.97. The van der Waals surface area contributed by atoms with Gasteiger partial charge in [-0.3, -0.25) is 9.59 Å². The molecule has 6 nitrogen and oxygen atoms in total. The highest BCUT2D eigenvalue weighted by atomic mass is 32.1. The van der Waals surface area contributed by atoms with Crippen molar-refractivity contribution in [3.8, 4) is 0 Å². The van der Waals surface area contributed by atoms with E-state index in [9.17, 15) is 9.59 Å². The molecule has 110 valence electrons. The Morgan fingerprint density at radius 1 is 1.33 bits per heavy atom. The maximum atomic E-state index is 12.3. The molecule has 2 aromatic rings. The van der Waals surface area contributed by atoms with Crippen molar-refractivity contribution in [3.63, 3.8) is 0 Å². The molecule has 7 heteroatoms. The largest absolute Gasteiger partial charge is 0.345 e. The molecule has 21 heavy (non-hydrogen) atoms. The van der Waals surface area contributed by atoms with Crippen molar-refractivity contribution in [2.24, 2.45) is 0 Å². The average Bonchev–Trinajstić information content (AvgIpc) is 2.93. The number of thiazole rings is 1. The number of H-pyrrole nitrogens is 1. The molecule has 0 atom stereocenters. The van der Waals surface area contributed by atoms with Crippen LogP contribution < -0.4 is 10.5 Å². The Morgan fingerprint density at radius 2 is 2.10 bits per heavy atom. The molecule has 1 aliphatic rings. The molecule has 0 unspecified atom stereocenters. The predicted octanol–water partition coefficient (Wildman–Crippen LogP) is 1.10. The summed E-state index contributed by atoms with van der Waals surface area (Å²) < 4.78 is 0. The second-order valence-corrected chi connectivity index (χ2v) is 5.83. The van der Waals surface area contributed by atoms with Gasteiger partial charge in [0.1, 0.15) is 0 Å². The van der Waals surface area contributed by atoms with Crippen LogP contribution in [0.4, 0.5) is 5.13 Å². The van der Waals surface area contributed by atoms with Crippen molar-refractivity contribution in [1.82, 2.24) is 14.9 Å². The minimum absolute atomic E-state index is 0.0870. The lowest BCUT2D eigenvalue weighted by Gasteiger charge is -2.34. The van der Waals surface area contributed by atoms with Crippen LogP contribution in [0.2, 0.25) is 0 Å². The number of pyridine rings is 1. The van der Waals surface area contributed by atoms with Crippen LogP contribution in [0.3, 0.4) is 0 Å². The minimum atomic E-state index is -0.252. The van der Waals surface area contributed by atoms with E-state index in [0.29, 0.717) is 18.7 Å². The molecule has 1 N–H and O–H groups in total. The fourth-order valence-corrected chi connectivity index (χ4v) is 3.20. The summed E-state index contributed by atoms with van der Waals surface area (Å²) >= 11 is 1.63. The van der Waals surface area contributed by atoms with Gasteiger partial charge in [0.15, 0.2) is 5.13 Å². The number of nitrogens with one attached hydrogen (secondary N) is 1. The summed E-state index contributed by atoms with van der Waals surface area (Å²) in [7, 11) is 0. The third-order valence-corrected chi connectivity index (χ3v) is 4.49. The number of nitrogens with zero attached hydrogens (tertiary/aromatic N) is 3. The Hall–Kier alpha value is -2.15. The lowest BCUT2D eigenvalue weighted by atomic mass is 10.2. The molecule has 1 amide bonds. The van der Waals surface area contributed by atoms with E-state index in [-0.39, 0.29) is 11.5 Å². The zero-order chi connectivity index (χ0) is 14.8. The monoisotopic (exact) mass is 304 g/mol. The summed E-state index contributed by atoms with van der Waals surface area (Å²) in [5, 5.41) is 3.04. The molecule has 2 aromatic heterocycles. The van der Waals surface area contributed by atoms with Crippen molar-refractivity contribution < 1.29 is 4.79 Å². The van der Waals surface area contributed by atoms with E-state index in [4.69, 9.17) is 0 Å². The molecule has 3 heterocycles. The first-order valence-corrected chi connectivity index (χ1v) is 7.66.